The van der Waals surface area contributed by atoms with Gasteiger partial charge in [-0.2, -0.15) is 0 Å². The normalized spacial score (nSPS) is 32.0. The first-order valence-corrected chi connectivity index (χ1v) is 9.46. The molecule has 1 saturated heterocycles. The zero-order valence-electron chi connectivity index (χ0n) is 16.0. The first kappa shape index (κ1) is 18.3. The van der Waals surface area contributed by atoms with Crippen LogP contribution in [0.4, 0.5) is 0 Å². The van der Waals surface area contributed by atoms with Gasteiger partial charge in [-0.05, 0) is 39.5 Å². The maximum Gasteiger partial charge on any atom is 0.206 e. The van der Waals surface area contributed by atoms with Crippen LogP contribution in [0.25, 0.3) is 0 Å². The molecule has 3 nitrogen and oxygen atoms in total. The molecule has 1 aliphatic carbocycles. The Hall–Kier alpha value is -1.45. The van der Waals surface area contributed by atoms with Crippen LogP contribution >= 0.6 is 0 Å². The third-order valence-electron chi connectivity index (χ3n) is 6.01. The Morgan fingerprint density at radius 2 is 1.96 bits per heavy atom. The summed E-state index contributed by atoms with van der Waals surface area (Å²) in [4.78, 5) is 15.5. The third kappa shape index (κ3) is 3.58. The minimum Gasteiger partial charge on any atom is -0.352 e. The van der Waals surface area contributed by atoms with Crippen LogP contribution in [-0.4, -0.2) is 35.1 Å². The summed E-state index contributed by atoms with van der Waals surface area (Å²) in [6.07, 6.45) is 3.09. The van der Waals surface area contributed by atoms with Crippen molar-refractivity contribution < 1.29 is 9.53 Å². The molecule has 1 aromatic carbocycles. The Morgan fingerprint density at radius 1 is 1.28 bits per heavy atom. The summed E-state index contributed by atoms with van der Waals surface area (Å²) >= 11 is 0. The molecule has 1 aromatic rings. The number of benzene rings is 1. The highest BCUT2D eigenvalue weighted by Gasteiger charge is 2.52. The lowest BCUT2D eigenvalue weighted by Crippen LogP contribution is -2.66. The molecule has 0 spiro atoms. The third-order valence-corrected chi connectivity index (χ3v) is 6.01. The van der Waals surface area contributed by atoms with Gasteiger partial charge in [0, 0.05) is 23.6 Å². The van der Waals surface area contributed by atoms with E-state index in [0.29, 0.717) is 18.4 Å². The average molecular weight is 341 g/mol. The molecule has 1 saturated carbocycles. The molecule has 3 heteroatoms. The second kappa shape index (κ2) is 7.05. The van der Waals surface area contributed by atoms with Gasteiger partial charge in [0.1, 0.15) is 0 Å². The average Bonchev–Trinajstić information content (AvgIpc) is 2.57. The van der Waals surface area contributed by atoms with Crippen molar-refractivity contribution in [1.29, 1.82) is 0 Å². The highest BCUT2D eigenvalue weighted by atomic mass is 16.5. The Kier molecular flexibility index (Phi) is 5.17. The molecular weight excluding hydrogens is 310 g/mol. The summed E-state index contributed by atoms with van der Waals surface area (Å²) < 4.78 is 6.46. The number of ketones is 1. The standard InChI is InChI=1S/C22H31NO2/c1-15(2)14-23-21(20(24)17-9-7-6-8-10-17)25-19-13-16(3)11-12-18(19)22(23,4)5/h6-10,16,18-19,21H,1,11-14H2,2-5H3/t16-,18-,19-,21+/m1/s1. The van der Waals surface area contributed by atoms with Gasteiger partial charge in [-0.1, -0.05) is 55.8 Å². The molecule has 1 heterocycles. The fourth-order valence-electron chi connectivity index (χ4n) is 4.57. The second-order valence-corrected chi connectivity index (χ2v) is 8.52. The van der Waals surface area contributed by atoms with Crippen LogP contribution in [0.5, 0.6) is 0 Å². The molecule has 0 bridgehead atoms. The first-order chi connectivity index (χ1) is 11.8. The molecular formula is C22H31NO2. The molecule has 0 unspecified atom stereocenters. The zero-order chi connectivity index (χ0) is 18.2. The second-order valence-electron chi connectivity index (χ2n) is 8.52. The number of fused-ring (bicyclic) bond motifs is 1. The van der Waals surface area contributed by atoms with E-state index in [9.17, 15) is 4.79 Å². The molecule has 0 aromatic heterocycles. The van der Waals surface area contributed by atoms with Crippen LogP contribution in [-0.2, 0) is 4.74 Å². The Morgan fingerprint density at radius 3 is 2.60 bits per heavy atom. The van der Waals surface area contributed by atoms with E-state index in [0.717, 1.165) is 24.0 Å². The van der Waals surface area contributed by atoms with Crippen molar-refractivity contribution in [2.24, 2.45) is 11.8 Å². The summed E-state index contributed by atoms with van der Waals surface area (Å²) in [5.41, 5.74) is 1.69. The van der Waals surface area contributed by atoms with Gasteiger partial charge < -0.3 is 4.74 Å². The fourth-order valence-corrected chi connectivity index (χ4v) is 4.57. The molecule has 2 aliphatic rings. The lowest BCUT2D eigenvalue weighted by Gasteiger charge is -2.57. The van der Waals surface area contributed by atoms with Crippen molar-refractivity contribution in [3.8, 4) is 0 Å². The lowest BCUT2D eigenvalue weighted by atomic mass is 9.69. The van der Waals surface area contributed by atoms with E-state index in [1.165, 1.54) is 6.42 Å². The van der Waals surface area contributed by atoms with Crippen LogP contribution in [0.1, 0.15) is 57.3 Å². The number of nitrogens with zero attached hydrogens (tertiary/aromatic N) is 1. The zero-order valence-corrected chi connectivity index (χ0v) is 16.0. The number of Topliss-reactive ketones (excluding diaryl/α,β-unsaturated/α-hetero) is 1. The van der Waals surface area contributed by atoms with Crippen molar-refractivity contribution in [3.63, 3.8) is 0 Å². The SMILES string of the molecule is C=C(C)CN1[C@H](C(=O)c2ccccc2)O[C@@H]2C[C@H](C)CC[C@H]2C1(C)C. The van der Waals surface area contributed by atoms with Gasteiger partial charge in [0.2, 0.25) is 5.78 Å². The molecule has 4 atom stereocenters. The molecule has 25 heavy (non-hydrogen) atoms. The summed E-state index contributed by atoms with van der Waals surface area (Å²) in [5.74, 6) is 1.19. The van der Waals surface area contributed by atoms with Crippen molar-refractivity contribution in [2.75, 3.05) is 6.54 Å². The van der Waals surface area contributed by atoms with E-state index < -0.39 is 6.23 Å². The van der Waals surface area contributed by atoms with Crippen molar-refractivity contribution in [2.45, 2.75) is 64.8 Å². The first-order valence-electron chi connectivity index (χ1n) is 9.46. The van der Waals surface area contributed by atoms with Crippen molar-refractivity contribution in [3.05, 3.63) is 48.0 Å². The number of ether oxygens (including phenoxy) is 1. The predicted octanol–water partition coefficient (Wildman–Crippen LogP) is 4.69. The summed E-state index contributed by atoms with van der Waals surface area (Å²) in [6.45, 7) is 13.6. The van der Waals surface area contributed by atoms with E-state index in [1.807, 2.05) is 37.3 Å². The van der Waals surface area contributed by atoms with Crippen LogP contribution in [0, 0.1) is 11.8 Å². The van der Waals surface area contributed by atoms with Gasteiger partial charge in [-0.25, -0.2) is 0 Å². The number of carbonyl (C=O) groups is 1. The van der Waals surface area contributed by atoms with Crippen LogP contribution in [0.15, 0.2) is 42.5 Å². The Bertz CT molecular complexity index is 637. The Balaban J connectivity index is 1.95. The van der Waals surface area contributed by atoms with E-state index in [-0.39, 0.29) is 17.4 Å². The van der Waals surface area contributed by atoms with Gasteiger partial charge in [-0.3, -0.25) is 9.69 Å². The number of rotatable bonds is 4. The van der Waals surface area contributed by atoms with Gasteiger partial charge in [0.25, 0.3) is 0 Å². The highest BCUT2D eigenvalue weighted by Crippen LogP contribution is 2.45. The quantitative estimate of drug-likeness (QED) is 0.588. The Labute approximate surface area is 152 Å². The smallest absolute Gasteiger partial charge is 0.206 e. The monoisotopic (exact) mass is 341 g/mol. The fraction of sp³-hybridized carbons (Fsp3) is 0.591. The molecule has 136 valence electrons. The van der Waals surface area contributed by atoms with E-state index in [2.05, 4.69) is 32.3 Å². The lowest BCUT2D eigenvalue weighted by molar-refractivity contribution is -0.211. The van der Waals surface area contributed by atoms with Gasteiger partial charge >= 0.3 is 0 Å². The summed E-state index contributed by atoms with van der Waals surface area (Å²) in [6, 6.07) is 9.53. The van der Waals surface area contributed by atoms with Crippen molar-refractivity contribution in [1.82, 2.24) is 4.90 Å². The minimum atomic E-state index is -0.527. The number of hydrogen-bond donors (Lipinski definition) is 0. The largest absolute Gasteiger partial charge is 0.352 e. The van der Waals surface area contributed by atoms with Gasteiger partial charge in [-0.15, -0.1) is 0 Å². The van der Waals surface area contributed by atoms with E-state index in [1.54, 1.807) is 0 Å². The van der Waals surface area contributed by atoms with Crippen LogP contribution < -0.4 is 0 Å². The maximum atomic E-state index is 13.2. The van der Waals surface area contributed by atoms with Crippen molar-refractivity contribution >= 4 is 5.78 Å². The summed E-state index contributed by atoms with van der Waals surface area (Å²) in [5, 5.41) is 0. The van der Waals surface area contributed by atoms with Gasteiger partial charge in [0.05, 0.1) is 6.10 Å². The van der Waals surface area contributed by atoms with Crippen LogP contribution in [0.3, 0.4) is 0 Å². The topological polar surface area (TPSA) is 29.5 Å². The molecule has 3 rings (SSSR count). The summed E-state index contributed by atoms with van der Waals surface area (Å²) in [7, 11) is 0. The van der Waals surface area contributed by atoms with E-state index >= 15 is 0 Å². The number of hydrogen-bond acceptors (Lipinski definition) is 3. The minimum absolute atomic E-state index is 0.0617. The van der Waals surface area contributed by atoms with Gasteiger partial charge in [0.15, 0.2) is 6.23 Å². The molecule has 0 N–H and O–H groups in total. The number of carbonyl (C=O) groups excluding carboxylic acids is 1. The molecule has 0 amide bonds. The molecule has 0 radical (unpaired) electrons. The molecule has 2 fully saturated rings. The van der Waals surface area contributed by atoms with E-state index in [4.69, 9.17) is 4.74 Å². The maximum absolute atomic E-state index is 13.2. The van der Waals surface area contributed by atoms with Crippen LogP contribution in [0.2, 0.25) is 0 Å². The highest BCUT2D eigenvalue weighted by molar-refractivity contribution is 5.99. The molecule has 1 aliphatic heterocycles. The predicted molar refractivity (Wildman–Crippen MR) is 102 cm³/mol.